The van der Waals surface area contributed by atoms with Crippen LogP contribution in [0.1, 0.15) is 24.6 Å². The van der Waals surface area contributed by atoms with Gasteiger partial charge in [-0.15, -0.1) is 0 Å². The van der Waals surface area contributed by atoms with Gasteiger partial charge in [0.25, 0.3) is 0 Å². The van der Waals surface area contributed by atoms with Crippen molar-refractivity contribution in [3.8, 4) is 11.3 Å². The first-order valence-corrected chi connectivity index (χ1v) is 6.80. The van der Waals surface area contributed by atoms with Crippen molar-refractivity contribution < 1.29 is 0 Å². The van der Waals surface area contributed by atoms with Crippen LogP contribution >= 0.6 is 11.6 Å². The largest absolute Gasteiger partial charge is 0.351 e. The molecule has 1 aromatic carbocycles. The van der Waals surface area contributed by atoms with Crippen molar-refractivity contribution in [1.29, 1.82) is 0 Å². The molecule has 2 aromatic heterocycles. The molecule has 3 nitrogen and oxygen atoms in total. The average molecular weight is 270 g/mol. The van der Waals surface area contributed by atoms with E-state index in [0.29, 0.717) is 11.1 Å². The van der Waals surface area contributed by atoms with E-state index in [1.165, 1.54) is 12.8 Å². The van der Waals surface area contributed by atoms with Crippen LogP contribution < -0.4 is 0 Å². The van der Waals surface area contributed by atoms with Gasteiger partial charge in [0.05, 0.1) is 5.52 Å². The molecule has 19 heavy (non-hydrogen) atoms. The highest BCUT2D eigenvalue weighted by atomic mass is 35.5. The number of fused-ring (bicyclic) bond motifs is 1. The van der Waals surface area contributed by atoms with Crippen molar-refractivity contribution in [2.75, 3.05) is 0 Å². The monoisotopic (exact) mass is 269 g/mol. The Morgan fingerprint density at radius 3 is 2.63 bits per heavy atom. The number of H-pyrrole nitrogens is 1. The van der Waals surface area contributed by atoms with Crippen LogP contribution in [0, 0.1) is 0 Å². The molecule has 1 fully saturated rings. The predicted molar refractivity (Wildman–Crippen MR) is 76.3 cm³/mol. The zero-order chi connectivity index (χ0) is 12.8. The van der Waals surface area contributed by atoms with E-state index in [1.807, 2.05) is 24.3 Å². The molecule has 1 saturated carbocycles. The maximum absolute atomic E-state index is 6.25. The summed E-state index contributed by atoms with van der Waals surface area (Å²) in [6, 6.07) is 12.2. The van der Waals surface area contributed by atoms with E-state index in [1.54, 1.807) is 0 Å². The van der Waals surface area contributed by atoms with Crippen LogP contribution in [0.3, 0.4) is 0 Å². The quantitative estimate of drug-likeness (QED) is 0.710. The van der Waals surface area contributed by atoms with Gasteiger partial charge in [-0.2, -0.15) is 0 Å². The first-order valence-electron chi connectivity index (χ1n) is 6.43. The molecule has 0 aliphatic heterocycles. The van der Waals surface area contributed by atoms with Gasteiger partial charge >= 0.3 is 0 Å². The molecule has 0 saturated heterocycles. The molecule has 0 atom stereocenters. The molecule has 0 bridgehead atoms. The predicted octanol–water partition coefficient (Wildman–Crippen LogP) is 4.16. The Bertz CT molecular complexity index is 745. The highest BCUT2D eigenvalue weighted by Gasteiger charge is 2.27. The summed E-state index contributed by atoms with van der Waals surface area (Å²) in [6.07, 6.45) is 2.36. The zero-order valence-corrected chi connectivity index (χ0v) is 11.0. The number of rotatable bonds is 2. The van der Waals surface area contributed by atoms with Crippen LogP contribution in [0.25, 0.3) is 22.3 Å². The van der Waals surface area contributed by atoms with Gasteiger partial charge in [-0.25, -0.2) is 9.97 Å². The van der Waals surface area contributed by atoms with Crippen LogP contribution in [0.4, 0.5) is 0 Å². The van der Waals surface area contributed by atoms with Gasteiger partial charge in [0.15, 0.2) is 5.15 Å². The normalized spacial score (nSPS) is 15.0. The summed E-state index contributed by atoms with van der Waals surface area (Å²) in [5.74, 6) is 1.40. The Morgan fingerprint density at radius 2 is 1.89 bits per heavy atom. The molecule has 0 unspecified atom stereocenters. The van der Waals surface area contributed by atoms with Crippen LogP contribution in [0.2, 0.25) is 5.15 Å². The van der Waals surface area contributed by atoms with Crippen LogP contribution in [-0.2, 0) is 0 Å². The fourth-order valence-electron chi connectivity index (χ4n) is 2.29. The number of nitrogens with one attached hydrogen (secondary N) is 1. The summed E-state index contributed by atoms with van der Waals surface area (Å²) in [7, 11) is 0. The summed E-state index contributed by atoms with van der Waals surface area (Å²) in [4.78, 5) is 12.3. The minimum Gasteiger partial charge on any atom is -0.351 e. The minimum atomic E-state index is 0.511. The lowest BCUT2D eigenvalue weighted by atomic mass is 10.2. The molecule has 0 spiro atoms. The fourth-order valence-corrected chi connectivity index (χ4v) is 2.52. The number of nitrogens with zero attached hydrogens (tertiary/aromatic N) is 2. The molecule has 0 amide bonds. The number of aromatic nitrogens is 3. The summed E-state index contributed by atoms with van der Waals surface area (Å²) in [5, 5.41) is 0.522. The Morgan fingerprint density at radius 1 is 1.11 bits per heavy atom. The van der Waals surface area contributed by atoms with E-state index in [2.05, 4.69) is 27.1 Å². The van der Waals surface area contributed by atoms with Crippen molar-refractivity contribution in [2.45, 2.75) is 18.8 Å². The number of hydrogen-bond acceptors (Lipinski definition) is 2. The fraction of sp³-hybridized carbons (Fsp3) is 0.200. The zero-order valence-electron chi connectivity index (χ0n) is 10.2. The third-order valence-electron chi connectivity index (χ3n) is 3.48. The van der Waals surface area contributed by atoms with Gasteiger partial charge in [0.1, 0.15) is 11.3 Å². The Balaban J connectivity index is 1.89. The van der Waals surface area contributed by atoms with E-state index in [4.69, 9.17) is 11.6 Å². The molecule has 4 rings (SSSR count). The Kier molecular flexibility index (Phi) is 2.35. The number of halogens is 1. The lowest BCUT2D eigenvalue weighted by molar-refractivity contribution is 0.947. The first kappa shape index (κ1) is 11.0. The van der Waals surface area contributed by atoms with E-state index >= 15 is 0 Å². The lowest BCUT2D eigenvalue weighted by Gasteiger charge is -1.98. The number of benzene rings is 1. The molecule has 4 heteroatoms. The van der Waals surface area contributed by atoms with Crippen molar-refractivity contribution in [1.82, 2.24) is 15.0 Å². The number of hydrogen-bond donors (Lipinski definition) is 1. The molecule has 1 N–H and O–H groups in total. The highest BCUT2D eigenvalue weighted by Crippen LogP contribution is 2.39. The molecule has 1 aliphatic rings. The van der Waals surface area contributed by atoms with Crippen LogP contribution in [0.5, 0.6) is 0 Å². The van der Waals surface area contributed by atoms with Gasteiger partial charge in [-0.1, -0.05) is 41.9 Å². The Hall–Kier alpha value is -1.87. The second-order valence-corrected chi connectivity index (χ2v) is 5.31. The van der Waals surface area contributed by atoms with E-state index in [9.17, 15) is 0 Å². The van der Waals surface area contributed by atoms with E-state index < -0.39 is 0 Å². The third kappa shape index (κ3) is 1.90. The summed E-state index contributed by atoms with van der Waals surface area (Å²) >= 11 is 6.25. The molecule has 1 aliphatic carbocycles. The maximum Gasteiger partial charge on any atom is 0.156 e. The summed E-state index contributed by atoms with van der Waals surface area (Å²) in [6.45, 7) is 0. The average Bonchev–Trinajstić information content (AvgIpc) is 3.19. The number of aromatic amines is 1. The minimum absolute atomic E-state index is 0.511. The maximum atomic E-state index is 6.25. The third-order valence-corrected chi connectivity index (χ3v) is 3.75. The molecule has 2 heterocycles. The second-order valence-electron chi connectivity index (χ2n) is 4.96. The molecular weight excluding hydrogens is 258 g/mol. The standard InChI is InChI=1S/C15H12ClN3/c16-14-13-12(18-15(19-14)10-6-7-10)8-11(17-13)9-4-2-1-3-5-9/h1-5,8,10,17H,6-7H2. The van der Waals surface area contributed by atoms with Gasteiger partial charge < -0.3 is 4.98 Å². The lowest BCUT2D eigenvalue weighted by Crippen LogP contribution is -1.92. The summed E-state index contributed by atoms with van der Waals surface area (Å²) < 4.78 is 0. The molecular formula is C15H12ClN3. The van der Waals surface area contributed by atoms with Crippen molar-refractivity contribution in [3.05, 3.63) is 47.4 Å². The SMILES string of the molecule is Clc1nc(C2CC2)nc2cc(-c3ccccc3)[nH]c12. The van der Waals surface area contributed by atoms with Crippen molar-refractivity contribution >= 4 is 22.6 Å². The van der Waals surface area contributed by atoms with Gasteiger partial charge in [0.2, 0.25) is 0 Å². The van der Waals surface area contributed by atoms with Gasteiger partial charge in [-0.05, 0) is 24.5 Å². The summed E-state index contributed by atoms with van der Waals surface area (Å²) in [5.41, 5.74) is 3.88. The smallest absolute Gasteiger partial charge is 0.156 e. The first-order chi connectivity index (χ1) is 9.31. The van der Waals surface area contributed by atoms with Gasteiger partial charge in [-0.3, -0.25) is 0 Å². The molecule has 0 radical (unpaired) electrons. The molecule has 3 aromatic rings. The van der Waals surface area contributed by atoms with E-state index in [-0.39, 0.29) is 0 Å². The van der Waals surface area contributed by atoms with Gasteiger partial charge in [0, 0.05) is 11.6 Å². The highest BCUT2D eigenvalue weighted by molar-refractivity contribution is 6.33. The van der Waals surface area contributed by atoms with E-state index in [0.717, 1.165) is 28.1 Å². The van der Waals surface area contributed by atoms with Crippen molar-refractivity contribution in [2.24, 2.45) is 0 Å². The molecule has 94 valence electrons. The van der Waals surface area contributed by atoms with Crippen LogP contribution in [0.15, 0.2) is 36.4 Å². The Labute approximate surface area is 115 Å². The van der Waals surface area contributed by atoms with Crippen LogP contribution in [-0.4, -0.2) is 15.0 Å². The van der Waals surface area contributed by atoms with Crippen molar-refractivity contribution in [3.63, 3.8) is 0 Å². The second kappa shape index (κ2) is 4.07. The topological polar surface area (TPSA) is 41.6 Å².